The van der Waals surface area contributed by atoms with E-state index in [1.54, 1.807) is 19.1 Å². The van der Waals surface area contributed by atoms with Gasteiger partial charge in [-0.05, 0) is 38.2 Å². The highest BCUT2D eigenvalue weighted by Gasteiger charge is 2.34. The number of halogens is 1. The average molecular weight is 380 g/mol. The fourth-order valence-electron chi connectivity index (χ4n) is 2.64. The zero-order valence-corrected chi connectivity index (χ0v) is 15.4. The molecule has 7 heteroatoms. The average Bonchev–Trinajstić information content (AvgIpc) is 2.65. The van der Waals surface area contributed by atoms with E-state index in [1.807, 2.05) is 18.2 Å². The van der Waals surface area contributed by atoms with Crippen molar-refractivity contribution in [3.05, 3.63) is 46.5 Å². The molecule has 0 heterocycles. The van der Waals surface area contributed by atoms with Gasteiger partial charge in [0.2, 0.25) is 0 Å². The molecule has 1 aliphatic rings. The Bertz CT molecular complexity index is 686. The first-order valence-corrected chi connectivity index (χ1v) is 8.96. The number of rotatable bonds is 7. The molecular weight excluding hydrogens is 358 g/mol. The van der Waals surface area contributed by atoms with E-state index in [0.29, 0.717) is 23.4 Å². The molecular formula is C19H22ClNO5. The second-order valence-corrected chi connectivity index (χ2v) is 6.30. The summed E-state index contributed by atoms with van der Waals surface area (Å²) in [5, 5.41) is 2.75. The predicted molar refractivity (Wildman–Crippen MR) is 96.5 cm³/mol. The van der Waals surface area contributed by atoms with E-state index in [9.17, 15) is 14.4 Å². The van der Waals surface area contributed by atoms with Crippen molar-refractivity contribution >= 4 is 29.4 Å². The van der Waals surface area contributed by atoms with Gasteiger partial charge in [0, 0.05) is 10.6 Å². The van der Waals surface area contributed by atoms with Gasteiger partial charge in [-0.1, -0.05) is 41.9 Å². The molecule has 0 bridgehead atoms. The van der Waals surface area contributed by atoms with Gasteiger partial charge in [0.15, 0.2) is 11.8 Å². The number of hydrogen-bond donors (Lipinski definition) is 1. The number of esters is 1. The Balaban J connectivity index is 2.05. The van der Waals surface area contributed by atoms with Gasteiger partial charge < -0.3 is 14.8 Å². The molecule has 1 aliphatic carbocycles. The van der Waals surface area contributed by atoms with Crippen LogP contribution < -0.4 is 5.32 Å². The molecule has 0 saturated carbocycles. The third-order valence-electron chi connectivity index (χ3n) is 3.96. The maximum atomic E-state index is 12.7. The second kappa shape index (κ2) is 9.97. The van der Waals surface area contributed by atoms with Crippen molar-refractivity contribution in [1.82, 2.24) is 5.32 Å². The lowest BCUT2D eigenvalue weighted by Crippen LogP contribution is -2.48. The molecule has 26 heavy (non-hydrogen) atoms. The summed E-state index contributed by atoms with van der Waals surface area (Å²) in [6.45, 7) is 1.75. The summed E-state index contributed by atoms with van der Waals surface area (Å²) in [7, 11) is 0. The highest BCUT2D eigenvalue weighted by molar-refractivity contribution is 6.33. The van der Waals surface area contributed by atoms with E-state index in [4.69, 9.17) is 21.1 Å². The Morgan fingerprint density at radius 2 is 1.81 bits per heavy atom. The minimum absolute atomic E-state index is 0.0276. The topological polar surface area (TPSA) is 81.7 Å². The molecule has 1 aromatic rings. The van der Waals surface area contributed by atoms with Crippen LogP contribution in [0.25, 0.3) is 0 Å². The molecule has 1 aromatic carbocycles. The molecule has 0 aliphatic heterocycles. The van der Waals surface area contributed by atoms with Crippen molar-refractivity contribution in [3.8, 4) is 0 Å². The molecule has 0 fully saturated rings. The Morgan fingerprint density at radius 3 is 2.46 bits per heavy atom. The normalized spacial score (nSPS) is 15.2. The number of benzene rings is 1. The standard InChI is InChI=1S/C19H22ClNO5/c1-2-25-18(23)16(17(22)14-10-6-7-11-15(14)20)21-19(24)26-12-13-8-4-3-5-9-13/h3-5,8-9,16H,2,6-7,10-12H2,1H3,(H,21,24). The zero-order chi connectivity index (χ0) is 18.9. The van der Waals surface area contributed by atoms with E-state index in [1.165, 1.54) is 0 Å². The van der Waals surface area contributed by atoms with Crippen LogP contribution in [-0.2, 0) is 25.7 Å². The van der Waals surface area contributed by atoms with E-state index >= 15 is 0 Å². The Labute approximate surface area is 157 Å². The number of ether oxygens (including phenoxy) is 2. The van der Waals surface area contributed by atoms with Crippen LogP contribution in [-0.4, -0.2) is 30.5 Å². The predicted octanol–water partition coefficient (Wildman–Crippen LogP) is 3.48. The van der Waals surface area contributed by atoms with Crippen molar-refractivity contribution in [1.29, 1.82) is 0 Å². The number of amides is 1. The largest absolute Gasteiger partial charge is 0.464 e. The number of ketones is 1. The van der Waals surface area contributed by atoms with Gasteiger partial charge in [-0.15, -0.1) is 0 Å². The van der Waals surface area contributed by atoms with Crippen LogP contribution >= 0.6 is 11.6 Å². The number of nitrogens with one attached hydrogen (secondary N) is 1. The van der Waals surface area contributed by atoms with Crippen LogP contribution in [0.4, 0.5) is 4.79 Å². The lowest BCUT2D eigenvalue weighted by molar-refractivity contribution is -0.147. The summed E-state index contributed by atoms with van der Waals surface area (Å²) in [6.07, 6.45) is 1.91. The van der Waals surface area contributed by atoms with Gasteiger partial charge in [0.1, 0.15) is 6.61 Å². The van der Waals surface area contributed by atoms with Gasteiger partial charge in [-0.2, -0.15) is 0 Å². The fourth-order valence-corrected chi connectivity index (χ4v) is 2.96. The molecule has 1 N–H and O–H groups in total. The summed E-state index contributed by atoms with van der Waals surface area (Å²) < 4.78 is 10.0. The molecule has 0 radical (unpaired) electrons. The number of carbonyl (C=O) groups is 3. The number of Topliss-reactive ketones (excluding diaryl/α,β-unsaturated/α-hetero) is 1. The maximum absolute atomic E-state index is 12.7. The van der Waals surface area contributed by atoms with Crippen LogP contribution in [0.1, 0.15) is 38.2 Å². The number of carbonyl (C=O) groups excluding carboxylic acids is 3. The molecule has 140 valence electrons. The fraction of sp³-hybridized carbons (Fsp3) is 0.421. The molecule has 1 atom stereocenters. The number of alkyl carbamates (subject to hydrolysis) is 1. The lowest BCUT2D eigenvalue weighted by atomic mass is 9.93. The molecule has 1 unspecified atom stereocenters. The third-order valence-corrected chi connectivity index (χ3v) is 4.37. The molecule has 0 saturated heterocycles. The summed E-state index contributed by atoms with van der Waals surface area (Å²) in [6, 6.07) is 7.63. The lowest BCUT2D eigenvalue weighted by Gasteiger charge is -2.21. The highest BCUT2D eigenvalue weighted by atomic mass is 35.5. The second-order valence-electron chi connectivity index (χ2n) is 5.85. The minimum atomic E-state index is -1.46. The van der Waals surface area contributed by atoms with Gasteiger partial charge in [-0.25, -0.2) is 9.59 Å². The first kappa shape index (κ1) is 20.0. The van der Waals surface area contributed by atoms with Crippen molar-refractivity contribution in [3.63, 3.8) is 0 Å². The maximum Gasteiger partial charge on any atom is 0.408 e. The quantitative estimate of drug-likeness (QED) is 0.579. The van der Waals surface area contributed by atoms with Crippen LogP contribution in [0.15, 0.2) is 40.9 Å². The van der Waals surface area contributed by atoms with Crippen molar-refractivity contribution < 1.29 is 23.9 Å². The SMILES string of the molecule is CCOC(=O)C(NC(=O)OCc1ccccc1)C(=O)C1=C(Cl)CCCC1. The number of allylic oxidation sites excluding steroid dienone is 1. The van der Waals surface area contributed by atoms with E-state index in [-0.39, 0.29) is 13.2 Å². The van der Waals surface area contributed by atoms with E-state index in [0.717, 1.165) is 18.4 Å². The molecule has 6 nitrogen and oxygen atoms in total. The van der Waals surface area contributed by atoms with E-state index < -0.39 is 23.9 Å². The highest BCUT2D eigenvalue weighted by Crippen LogP contribution is 2.28. The van der Waals surface area contributed by atoms with Crippen LogP contribution in [0.5, 0.6) is 0 Å². The number of hydrogen-bond acceptors (Lipinski definition) is 5. The molecule has 0 aromatic heterocycles. The first-order valence-electron chi connectivity index (χ1n) is 8.58. The van der Waals surface area contributed by atoms with Crippen molar-refractivity contribution in [2.24, 2.45) is 0 Å². The van der Waals surface area contributed by atoms with Crippen LogP contribution in [0.2, 0.25) is 0 Å². The van der Waals surface area contributed by atoms with Crippen LogP contribution in [0.3, 0.4) is 0 Å². The summed E-state index contributed by atoms with van der Waals surface area (Å²) in [5.41, 5.74) is 1.17. The van der Waals surface area contributed by atoms with E-state index in [2.05, 4.69) is 5.32 Å². The monoisotopic (exact) mass is 379 g/mol. The van der Waals surface area contributed by atoms with Gasteiger partial charge in [0.05, 0.1) is 6.61 Å². The van der Waals surface area contributed by atoms with Crippen LogP contribution in [0, 0.1) is 0 Å². The molecule has 1 amide bonds. The van der Waals surface area contributed by atoms with Gasteiger partial charge in [-0.3, -0.25) is 4.79 Å². The third kappa shape index (κ3) is 5.59. The molecule has 0 spiro atoms. The minimum Gasteiger partial charge on any atom is -0.464 e. The summed E-state index contributed by atoms with van der Waals surface area (Å²) in [5.74, 6) is -1.36. The van der Waals surface area contributed by atoms with Crippen molar-refractivity contribution in [2.45, 2.75) is 45.3 Å². The Morgan fingerprint density at radius 1 is 1.12 bits per heavy atom. The zero-order valence-electron chi connectivity index (χ0n) is 14.6. The summed E-state index contributed by atoms with van der Waals surface area (Å²) >= 11 is 6.14. The van der Waals surface area contributed by atoms with Crippen molar-refractivity contribution in [2.75, 3.05) is 6.61 Å². The first-order chi connectivity index (χ1) is 12.5. The Hall–Kier alpha value is -2.34. The molecule has 2 rings (SSSR count). The summed E-state index contributed by atoms with van der Waals surface area (Å²) in [4.78, 5) is 36.9. The smallest absolute Gasteiger partial charge is 0.408 e. The Kier molecular flexibility index (Phi) is 7.66. The van der Waals surface area contributed by atoms with Gasteiger partial charge in [0.25, 0.3) is 0 Å². The van der Waals surface area contributed by atoms with Gasteiger partial charge >= 0.3 is 12.1 Å².